The molecule has 8 heteroatoms. The molecular formula is C19H19N5O3. The van der Waals surface area contributed by atoms with E-state index >= 15 is 0 Å². The Bertz CT molecular complexity index is 1030. The van der Waals surface area contributed by atoms with Crippen LogP contribution in [0.3, 0.4) is 0 Å². The topological polar surface area (TPSA) is 90.2 Å². The smallest absolute Gasteiger partial charge is 0.261 e. The molecule has 8 nitrogen and oxygen atoms in total. The number of para-hydroxylation sites is 1. The van der Waals surface area contributed by atoms with Crippen molar-refractivity contribution >= 4 is 16.8 Å². The van der Waals surface area contributed by atoms with Gasteiger partial charge < -0.3 is 9.64 Å². The Morgan fingerprint density at radius 2 is 2.07 bits per heavy atom. The lowest BCUT2D eigenvalue weighted by Gasteiger charge is -2.17. The standard InChI is InChI=1S/C19H19N5O3/c1-13-6-7-17(22-21-13)27-14-8-9-23(10-14)18(25)11-24-12-20-16-5-3-2-4-15(16)19(24)26/h2-7,12,14H,8-11H2,1H3/t14-/m0/s1. The summed E-state index contributed by atoms with van der Waals surface area (Å²) in [6, 6.07) is 10.7. The van der Waals surface area contributed by atoms with Crippen molar-refractivity contribution in [2.24, 2.45) is 0 Å². The zero-order valence-corrected chi connectivity index (χ0v) is 14.9. The van der Waals surface area contributed by atoms with Crippen molar-refractivity contribution in [2.75, 3.05) is 13.1 Å². The summed E-state index contributed by atoms with van der Waals surface area (Å²) in [6.45, 7) is 2.87. The Morgan fingerprint density at radius 3 is 2.89 bits per heavy atom. The number of rotatable bonds is 4. The van der Waals surface area contributed by atoms with Crippen LogP contribution >= 0.6 is 0 Å². The van der Waals surface area contributed by atoms with Gasteiger partial charge in [-0.15, -0.1) is 5.10 Å². The Morgan fingerprint density at radius 1 is 1.22 bits per heavy atom. The van der Waals surface area contributed by atoms with E-state index in [1.165, 1.54) is 10.9 Å². The molecule has 0 radical (unpaired) electrons. The number of likely N-dealkylation sites (tertiary alicyclic amines) is 1. The zero-order chi connectivity index (χ0) is 18.8. The van der Waals surface area contributed by atoms with Crippen LogP contribution in [0.15, 0.2) is 47.5 Å². The van der Waals surface area contributed by atoms with Crippen molar-refractivity contribution in [3.8, 4) is 5.88 Å². The normalized spacial score (nSPS) is 16.6. The number of hydrogen-bond donors (Lipinski definition) is 0. The molecule has 1 aliphatic rings. The van der Waals surface area contributed by atoms with Crippen LogP contribution < -0.4 is 10.3 Å². The molecule has 0 saturated carbocycles. The minimum atomic E-state index is -0.212. The second kappa shape index (κ2) is 7.14. The lowest BCUT2D eigenvalue weighted by atomic mass is 10.2. The summed E-state index contributed by atoms with van der Waals surface area (Å²) in [5, 5.41) is 8.46. The highest BCUT2D eigenvalue weighted by molar-refractivity contribution is 5.79. The molecule has 0 aliphatic carbocycles. The van der Waals surface area contributed by atoms with Crippen LogP contribution in [0.25, 0.3) is 10.9 Å². The van der Waals surface area contributed by atoms with Gasteiger partial charge in [-0.2, -0.15) is 5.10 Å². The average Bonchev–Trinajstić information content (AvgIpc) is 3.15. The molecule has 1 amide bonds. The van der Waals surface area contributed by atoms with Crippen molar-refractivity contribution in [3.63, 3.8) is 0 Å². The Balaban J connectivity index is 1.41. The molecule has 0 unspecified atom stereocenters. The summed E-state index contributed by atoms with van der Waals surface area (Å²) in [6.07, 6.45) is 2.01. The van der Waals surface area contributed by atoms with Crippen LogP contribution in [0.2, 0.25) is 0 Å². The molecule has 4 rings (SSSR count). The van der Waals surface area contributed by atoms with Crippen molar-refractivity contribution in [2.45, 2.75) is 26.0 Å². The maximum absolute atomic E-state index is 12.6. The Labute approximate surface area is 155 Å². The van der Waals surface area contributed by atoms with Crippen LogP contribution in [0.5, 0.6) is 5.88 Å². The van der Waals surface area contributed by atoms with Crippen LogP contribution in [0.1, 0.15) is 12.1 Å². The summed E-state index contributed by atoms with van der Waals surface area (Å²) in [4.78, 5) is 31.1. The summed E-state index contributed by atoms with van der Waals surface area (Å²) >= 11 is 0. The molecule has 1 saturated heterocycles. The first-order valence-corrected chi connectivity index (χ1v) is 8.79. The van der Waals surface area contributed by atoms with E-state index < -0.39 is 0 Å². The molecule has 1 aromatic carbocycles. The number of carbonyl (C=O) groups is 1. The van der Waals surface area contributed by atoms with Crippen LogP contribution in [-0.4, -0.2) is 49.7 Å². The van der Waals surface area contributed by atoms with Gasteiger partial charge >= 0.3 is 0 Å². The van der Waals surface area contributed by atoms with Crippen LogP contribution in [0.4, 0.5) is 0 Å². The third-order valence-electron chi connectivity index (χ3n) is 4.60. The first kappa shape index (κ1) is 17.1. The fraction of sp³-hybridized carbons (Fsp3) is 0.316. The third-order valence-corrected chi connectivity index (χ3v) is 4.60. The van der Waals surface area contributed by atoms with Gasteiger partial charge in [-0.25, -0.2) is 4.98 Å². The number of aryl methyl sites for hydroxylation is 1. The molecule has 2 aromatic heterocycles. The van der Waals surface area contributed by atoms with Gasteiger partial charge in [0.15, 0.2) is 0 Å². The average molecular weight is 365 g/mol. The highest BCUT2D eigenvalue weighted by Crippen LogP contribution is 2.16. The fourth-order valence-corrected chi connectivity index (χ4v) is 3.14. The number of ether oxygens (including phenoxy) is 1. The SMILES string of the molecule is Cc1ccc(O[C@H]2CCN(C(=O)Cn3cnc4ccccc4c3=O)C2)nn1. The molecule has 1 atom stereocenters. The van der Waals surface area contributed by atoms with Gasteiger partial charge in [-0.05, 0) is 25.1 Å². The summed E-state index contributed by atoms with van der Waals surface area (Å²) < 4.78 is 7.15. The van der Waals surface area contributed by atoms with E-state index in [4.69, 9.17) is 4.74 Å². The zero-order valence-electron chi connectivity index (χ0n) is 14.9. The van der Waals surface area contributed by atoms with Crippen molar-refractivity contribution in [1.82, 2.24) is 24.6 Å². The Kier molecular flexibility index (Phi) is 4.53. The molecular weight excluding hydrogens is 346 g/mol. The maximum Gasteiger partial charge on any atom is 0.261 e. The monoisotopic (exact) mass is 365 g/mol. The molecule has 1 fully saturated rings. The van der Waals surface area contributed by atoms with Gasteiger partial charge in [-0.1, -0.05) is 12.1 Å². The lowest BCUT2D eigenvalue weighted by Crippen LogP contribution is -2.36. The molecule has 0 N–H and O–H groups in total. The first-order valence-electron chi connectivity index (χ1n) is 8.79. The Hall–Kier alpha value is -3.29. The molecule has 1 aliphatic heterocycles. The summed E-state index contributed by atoms with van der Waals surface area (Å²) in [5.41, 5.74) is 1.23. The van der Waals surface area contributed by atoms with E-state index in [-0.39, 0.29) is 24.1 Å². The van der Waals surface area contributed by atoms with Crippen LogP contribution in [0, 0.1) is 6.92 Å². The second-order valence-electron chi connectivity index (χ2n) is 6.58. The largest absolute Gasteiger partial charge is 0.471 e. The second-order valence-corrected chi connectivity index (χ2v) is 6.58. The minimum Gasteiger partial charge on any atom is -0.471 e. The number of hydrogen-bond acceptors (Lipinski definition) is 6. The first-order chi connectivity index (χ1) is 13.1. The fourth-order valence-electron chi connectivity index (χ4n) is 3.14. The third kappa shape index (κ3) is 3.64. The number of nitrogens with zero attached hydrogens (tertiary/aromatic N) is 5. The van der Waals surface area contributed by atoms with Crippen molar-refractivity contribution < 1.29 is 9.53 Å². The van der Waals surface area contributed by atoms with Gasteiger partial charge in [0, 0.05) is 19.0 Å². The summed E-state index contributed by atoms with van der Waals surface area (Å²) in [7, 11) is 0. The predicted molar refractivity (Wildman–Crippen MR) is 98.4 cm³/mol. The molecule has 0 spiro atoms. The van der Waals surface area contributed by atoms with E-state index in [1.807, 2.05) is 19.1 Å². The van der Waals surface area contributed by atoms with E-state index in [9.17, 15) is 9.59 Å². The van der Waals surface area contributed by atoms with E-state index in [2.05, 4.69) is 15.2 Å². The maximum atomic E-state index is 12.6. The van der Waals surface area contributed by atoms with Gasteiger partial charge in [0.2, 0.25) is 11.8 Å². The van der Waals surface area contributed by atoms with Gasteiger partial charge in [-0.3, -0.25) is 14.2 Å². The molecule has 0 bridgehead atoms. The quantitative estimate of drug-likeness (QED) is 0.689. The lowest BCUT2D eigenvalue weighted by molar-refractivity contribution is -0.131. The number of amides is 1. The van der Waals surface area contributed by atoms with Gasteiger partial charge in [0.25, 0.3) is 5.56 Å². The minimum absolute atomic E-state index is 0.0340. The number of carbonyl (C=O) groups excluding carboxylic acids is 1. The van der Waals surface area contributed by atoms with Crippen molar-refractivity contribution in [1.29, 1.82) is 0 Å². The summed E-state index contributed by atoms with van der Waals surface area (Å²) in [5.74, 6) is 0.324. The van der Waals surface area contributed by atoms with E-state index in [0.717, 1.165) is 5.69 Å². The van der Waals surface area contributed by atoms with Gasteiger partial charge in [0.1, 0.15) is 12.6 Å². The molecule has 138 valence electrons. The molecule has 3 heterocycles. The highest BCUT2D eigenvalue weighted by atomic mass is 16.5. The number of benzene rings is 1. The highest BCUT2D eigenvalue weighted by Gasteiger charge is 2.28. The van der Waals surface area contributed by atoms with E-state index in [0.29, 0.717) is 36.3 Å². The predicted octanol–water partition coefficient (Wildman–Crippen LogP) is 1.17. The molecule has 3 aromatic rings. The van der Waals surface area contributed by atoms with Gasteiger partial charge in [0.05, 0.1) is 29.5 Å². The van der Waals surface area contributed by atoms with Crippen molar-refractivity contribution in [3.05, 3.63) is 58.8 Å². The molecule has 27 heavy (non-hydrogen) atoms. The van der Waals surface area contributed by atoms with Crippen LogP contribution in [-0.2, 0) is 11.3 Å². The number of aromatic nitrogens is 4. The number of fused-ring (bicyclic) bond motifs is 1. The van der Waals surface area contributed by atoms with E-state index in [1.54, 1.807) is 29.2 Å².